The lowest BCUT2D eigenvalue weighted by molar-refractivity contribution is -0.140. The van der Waals surface area contributed by atoms with Crippen molar-refractivity contribution in [3.05, 3.63) is 18.2 Å². The summed E-state index contributed by atoms with van der Waals surface area (Å²) in [6, 6.07) is 0. The number of amides is 1. The van der Waals surface area contributed by atoms with E-state index >= 15 is 0 Å². The van der Waals surface area contributed by atoms with Gasteiger partial charge in [0, 0.05) is 31.9 Å². The number of aliphatic hydroxyl groups excluding tert-OH is 1. The maximum absolute atomic E-state index is 12.0. The number of H-pyrrole nitrogens is 1. The van der Waals surface area contributed by atoms with Crippen LogP contribution in [0.2, 0.25) is 0 Å². The van der Waals surface area contributed by atoms with Crippen LogP contribution in [0.3, 0.4) is 0 Å². The van der Waals surface area contributed by atoms with Gasteiger partial charge in [-0.3, -0.25) is 9.69 Å². The number of carbonyl (C=O) groups is 1. The number of hydrogen-bond donors (Lipinski definition) is 2. The minimum absolute atomic E-state index is 0.199. The number of likely N-dealkylation sites (tertiary alicyclic amines) is 2. The fourth-order valence-corrected chi connectivity index (χ4v) is 3.78. The van der Waals surface area contributed by atoms with Crippen molar-refractivity contribution in [3.63, 3.8) is 0 Å². The third-order valence-corrected chi connectivity index (χ3v) is 5.08. The van der Waals surface area contributed by atoms with Crippen molar-refractivity contribution < 1.29 is 9.90 Å². The van der Waals surface area contributed by atoms with Gasteiger partial charge in [0.1, 0.15) is 5.82 Å². The first-order chi connectivity index (χ1) is 10.6. The molecule has 0 unspecified atom stereocenters. The molecule has 2 saturated heterocycles. The molecule has 1 aromatic rings. The Balaban J connectivity index is 1.56. The van der Waals surface area contributed by atoms with Gasteiger partial charge >= 0.3 is 0 Å². The lowest BCUT2D eigenvalue weighted by atomic mass is 9.72. The van der Waals surface area contributed by atoms with Crippen LogP contribution < -0.4 is 0 Å². The van der Waals surface area contributed by atoms with Gasteiger partial charge in [-0.2, -0.15) is 0 Å². The van der Waals surface area contributed by atoms with E-state index in [1.807, 2.05) is 11.1 Å². The first kappa shape index (κ1) is 15.5. The number of rotatable bonds is 4. The Bertz CT molecular complexity index is 492. The SMILES string of the molecule is C[C@@H](O)CN1CC2(CCC1=O)CCN(Cc1ncc[nH]1)CC2. The maximum Gasteiger partial charge on any atom is 0.222 e. The van der Waals surface area contributed by atoms with Gasteiger partial charge in [0.25, 0.3) is 0 Å². The number of nitrogens with zero attached hydrogens (tertiary/aromatic N) is 3. The Morgan fingerprint density at radius 2 is 2.18 bits per heavy atom. The average molecular weight is 306 g/mol. The lowest BCUT2D eigenvalue weighted by Crippen LogP contribution is -2.52. The molecule has 1 amide bonds. The highest BCUT2D eigenvalue weighted by Gasteiger charge is 2.41. The molecule has 2 aliphatic heterocycles. The molecule has 2 fully saturated rings. The third-order valence-electron chi connectivity index (χ3n) is 5.08. The van der Waals surface area contributed by atoms with E-state index in [2.05, 4.69) is 14.9 Å². The van der Waals surface area contributed by atoms with E-state index in [-0.39, 0.29) is 11.3 Å². The van der Waals surface area contributed by atoms with Crippen LogP contribution in [0.15, 0.2) is 12.4 Å². The highest BCUT2D eigenvalue weighted by Crippen LogP contribution is 2.40. The molecule has 1 spiro atoms. The first-order valence-corrected chi connectivity index (χ1v) is 8.23. The van der Waals surface area contributed by atoms with E-state index in [9.17, 15) is 9.90 Å². The molecule has 3 heterocycles. The van der Waals surface area contributed by atoms with Crippen molar-refractivity contribution in [1.29, 1.82) is 0 Å². The highest BCUT2D eigenvalue weighted by molar-refractivity contribution is 5.77. The van der Waals surface area contributed by atoms with E-state index < -0.39 is 6.10 Å². The number of aliphatic hydroxyl groups is 1. The Hall–Kier alpha value is -1.40. The molecular formula is C16H26N4O2. The fourth-order valence-electron chi connectivity index (χ4n) is 3.78. The van der Waals surface area contributed by atoms with Gasteiger partial charge in [-0.25, -0.2) is 4.98 Å². The number of β-amino-alcohol motifs (C(OH)–C–C–N with tert-alkyl or cyclic N) is 1. The molecule has 1 atom stereocenters. The standard InChI is InChI=1S/C16H26N4O2/c1-13(21)10-20-12-16(3-2-15(20)22)4-8-19(9-5-16)11-14-17-6-7-18-14/h6-7,13,21H,2-5,8-12H2,1H3,(H,17,18)/t13-/m1/s1. The first-order valence-electron chi connectivity index (χ1n) is 8.23. The summed E-state index contributed by atoms with van der Waals surface area (Å²) in [7, 11) is 0. The zero-order chi connectivity index (χ0) is 15.6. The monoisotopic (exact) mass is 306 g/mol. The number of aromatic nitrogens is 2. The van der Waals surface area contributed by atoms with Crippen LogP contribution >= 0.6 is 0 Å². The summed E-state index contributed by atoms with van der Waals surface area (Å²) < 4.78 is 0. The van der Waals surface area contributed by atoms with Crippen molar-refractivity contribution in [2.45, 2.75) is 45.3 Å². The second-order valence-electron chi connectivity index (χ2n) is 6.94. The largest absolute Gasteiger partial charge is 0.392 e. The molecule has 0 aliphatic carbocycles. The predicted octanol–water partition coefficient (Wildman–Crippen LogP) is 0.995. The minimum Gasteiger partial charge on any atom is -0.392 e. The van der Waals surface area contributed by atoms with E-state index in [0.29, 0.717) is 13.0 Å². The van der Waals surface area contributed by atoms with Gasteiger partial charge in [-0.05, 0) is 44.7 Å². The molecule has 0 radical (unpaired) electrons. The summed E-state index contributed by atoms with van der Waals surface area (Å²) in [5.41, 5.74) is 0.252. The van der Waals surface area contributed by atoms with Crippen molar-refractivity contribution in [2.24, 2.45) is 5.41 Å². The molecule has 6 heteroatoms. The van der Waals surface area contributed by atoms with Gasteiger partial charge < -0.3 is 15.0 Å². The zero-order valence-electron chi connectivity index (χ0n) is 13.3. The Morgan fingerprint density at radius 1 is 1.41 bits per heavy atom. The Kier molecular flexibility index (Phi) is 4.49. The lowest BCUT2D eigenvalue weighted by Gasteiger charge is -2.47. The van der Waals surface area contributed by atoms with E-state index in [1.165, 1.54) is 0 Å². The normalized spacial score (nSPS) is 23.9. The zero-order valence-corrected chi connectivity index (χ0v) is 13.3. The molecule has 0 bridgehead atoms. The Morgan fingerprint density at radius 3 is 2.82 bits per heavy atom. The van der Waals surface area contributed by atoms with Crippen LogP contribution in [0.4, 0.5) is 0 Å². The van der Waals surface area contributed by atoms with Crippen molar-refractivity contribution in [2.75, 3.05) is 26.2 Å². The van der Waals surface area contributed by atoms with Gasteiger partial charge in [0.15, 0.2) is 0 Å². The summed E-state index contributed by atoms with van der Waals surface area (Å²) in [4.78, 5) is 23.8. The summed E-state index contributed by atoms with van der Waals surface area (Å²) in [5.74, 6) is 1.22. The number of imidazole rings is 1. The minimum atomic E-state index is -0.446. The van der Waals surface area contributed by atoms with E-state index in [0.717, 1.165) is 51.3 Å². The van der Waals surface area contributed by atoms with Gasteiger partial charge in [-0.1, -0.05) is 0 Å². The molecule has 0 aromatic carbocycles. The van der Waals surface area contributed by atoms with Crippen LogP contribution in [-0.2, 0) is 11.3 Å². The number of nitrogens with one attached hydrogen (secondary N) is 1. The van der Waals surface area contributed by atoms with Crippen molar-refractivity contribution in [3.8, 4) is 0 Å². The second-order valence-corrected chi connectivity index (χ2v) is 6.94. The van der Waals surface area contributed by atoms with Crippen LogP contribution in [-0.4, -0.2) is 63.1 Å². The highest BCUT2D eigenvalue weighted by atomic mass is 16.3. The number of hydrogen-bond acceptors (Lipinski definition) is 4. The smallest absolute Gasteiger partial charge is 0.222 e. The van der Waals surface area contributed by atoms with Gasteiger partial charge in [0.05, 0.1) is 12.6 Å². The maximum atomic E-state index is 12.0. The van der Waals surface area contributed by atoms with Crippen molar-refractivity contribution >= 4 is 5.91 Å². The van der Waals surface area contributed by atoms with Crippen LogP contribution in [0.5, 0.6) is 0 Å². The number of aromatic amines is 1. The van der Waals surface area contributed by atoms with Crippen LogP contribution in [0.25, 0.3) is 0 Å². The second kappa shape index (κ2) is 6.38. The van der Waals surface area contributed by atoms with Gasteiger partial charge in [0.2, 0.25) is 5.91 Å². The molecule has 2 N–H and O–H groups in total. The summed E-state index contributed by atoms with van der Waals surface area (Å²) in [5, 5.41) is 9.58. The summed E-state index contributed by atoms with van der Waals surface area (Å²) >= 11 is 0. The topological polar surface area (TPSA) is 72.5 Å². The van der Waals surface area contributed by atoms with E-state index in [4.69, 9.17) is 0 Å². The molecular weight excluding hydrogens is 280 g/mol. The number of carbonyl (C=O) groups excluding carboxylic acids is 1. The molecule has 0 saturated carbocycles. The molecule has 122 valence electrons. The molecule has 1 aromatic heterocycles. The molecule has 2 aliphatic rings. The van der Waals surface area contributed by atoms with Gasteiger partial charge in [-0.15, -0.1) is 0 Å². The van der Waals surface area contributed by atoms with Crippen molar-refractivity contribution in [1.82, 2.24) is 19.8 Å². The van der Waals surface area contributed by atoms with E-state index in [1.54, 1.807) is 13.1 Å². The molecule has 22 heavy (non-hydrogen) atoms. The summed E-state index contributed by atoms with van der Waals surface area (Å²) in [6.07, 6.45) is 7.08. The quantitative estimate of drug-likeness (QED) is 0.870. The Labute approximate surface area is 131 Å². The van der Waals surface area contributed by atoms with Crippen LogP contribution in [0.1, 0.15) is 38.4 Å². The number of piperidine rings is 2. The summed E-state index contributed by atoms with van der Waals surface area (Å²) in [6.45, 7) is 6.01. The third kappa shape index (κ3) is 3.50. The average Bonchev–Trinajstić information content (AvgIpc) is 2.98. The molecule has 6 nitrogen and oxygen atoms in total. The predicted molar refractivity (Wildman–Crippen MR) is 83.0 cm³/mol. The molecule has 3 rings (SSSR count). The van der Waals surface area contributed by atoms with Crippen LogP contribution in [0, 0.1) is 5.41 Å². The fraction of sp³-hybridized carbons (Fsp3) is 0.750.